The molecule has 0 spiro atoms. The maximum atomic E-state index is 12.5. The maximum absolute atomic E-state index is 12.5. The molecule has 0 bridgehead atoms. The van der Waals surface area contributed by atoms with Gasteiger partial charge in [-0.25, -0.2) is 4.79 Å². The van der Waals surface area contributed by atoms with E-state index in [1.807, 2.05) is 53.4 Å². The second-order valence-electron chi connectivity index (χ2n) is 8.16. The number of rotatable bonds is 6. The molecule has 5 nitrogen and oxygen atoms in total. The zero-order valence-corrected chi connectivity index (χ0v) is 18.4. The van der Waals surface area contributed by atoms with Crippen LogP contribution in [0.5, 0.6) is 5.75 Å². The van der Waals surface area contributed by atoms with Gasteiger partial charge in [0.1, 0.15) is 12.4 Å². The summed E-state index contributed by atoms with van der Waals surface area (Å²) in [5.74, 6) is 0.418. The van der Waals surface area contributed by atoms with Crippen LogP contribution in [0.15, 0.2) is 60.7 Å². The van der Waals surface area contributed by atoms with Crippen molar-refractivity contribution in [3.63, 3.8) is 0 Å². The Kier molecular flexibility index (Phi) is 5.35. The van der Waals surface area contributed by atoms with Gasteiger partial charge in [0.2, 0.25) is 0 Å². The van der Waals surface area contributed by atoms with Gasteiger partial charge >= 0.3 is 5.97 Å². The van der Waals surface area contributed by atoms with Crippen molar-refractivity contribution < 1.29 is 19.1 Å². The molecule has 32 heavy (non-hydrogen) atoms. The first kappa shape index (κ1) is 20.6. The second-order valence-corrected chi connectivity index (χ2v) is 8.57. The third kappa shape index (κ3) is 3.96. The number of benzene rings is 3. The van der Waals surface area contributed by atoms with Gasteiger partial charge in [-0.15, -0.1) is 0 Å². The number of hydrogen-bond donors (Lipinski definition) is 0. The molecule has 0 atom stereocenters. The second kappa shape index (κ2) is 8.32. The van der Waals surface area contributed by atoms with Crippen LogP contribution in [-0.4, -0.2) is 29.9 Å². The summed E-state index contributed by atoms with van der Waals surface area (Å²) in [4.78, 5) is 26.4. The highest BCUT2D eigenvalue weighted by Gasteiger charge is 2.38. The number of ether oxygens (including phenoxy) is 2. The molecular formula is C26H22ClNO4. The molecule has 2 aliphatic rings. The van der Waals surface area contributed by atoms with E-state index in [0.29, 0.717) is 29.8 Å². The Morgan fingerprint density at radius 3 is 2.66 bits per heavy atom. The molecule has 1 fully saturated rings. The van der Waals surface area contributed by atoms with E-state index < -0.39 is 5.97 Å². The van der Waals surface area contributed by atoms with Crippen molar-refractivity contribution in [3.05, 3.63) is 87.9 Å². The molecule has 3 aromatic rings. The highest BCUT2D eigenvalue weighted by Crippen LogP contribution is 2.36. The van der Waals surface area contributed by atoms with Crippen LogP contribution in [0.4, 0.5) is 0 Å². The molecule has 0 saturated heterocycles. The predicted molar refractivity (Wildman–Crippen MR) is 122 cm³/mol. The van der Waals surface area contributed by atoms with Gasteiger partial charge in [0, 0.05) is 18.2 Å². The van der Waals surface area contributed by atoms with E-state index in [1.54, 1.807) is 12.1 Å². The minimum absolute atomic E-state index is 0.135. The number of hydrogen-bond acceptors (Lipinski definition) is 4. The molecule has 0 radical (unpaired) electrons. The van der Waals surface area contributed by atoms with Crippen molar-refractivity contribution in [3.8, 4) is 16.9 Å². The molecule has 1 aliphatic carbocycles. The Balaban J connectivity index is 1.31. The van der Waals surface area contributed by atoms with Crippen LogP contribution in [0.1, 0.15) is 44.7 Å². The number of halogens is 1. The summed E-state index contributed by atoms with van der Waals surface area (Å²) in [7, 11) is 1.33. The van der Waals surface area contributed by atoms with Crippen LogP contribution in [0.3, 0.4) is 0 Å². The molecule has 5 rings (SSSR count). The summed E-state index contributed by atoms with van der Waals surface area (Å²) in [6, 6.07) is 19.4. The summed E-state index contributed by atoms with van der Waals surface area (Å²) in [5.41, 5.74) is 4.97. The van der Waals surface area contributed by atoms with E-state index in [0.717, 1.165) is 46.4 Å². The molecule has 0 N–H and O–H groups in total. The van der Waals surface area contributed by atoms with Crippen LogP contribution in [0.25, 0.3) is 11.1 Å². The minimum Gasteiger partial charge on any atom is -0.489 e. The van der Waals surface area contributed by atoms with Crippen LogP contribution in [0, 0.1) is 0 Å². The highest BCUT2D eigenvalue weighted by molar-refractivity contribution is 6.33. The van der Waals surface area contributed by atoms with Crippen molar-refractivity contribution in [2.75, 3.05) is 7.11 Å². The van der Waals surface area contributed by atoms with Gasteiger partial charge in [0.05, 0.1) is 17.7 Å². The first-order valence-electron chi connectivity index (χ1n) is 10.6. The highest BCUT2D eigenvalue weighted by atomic mass is 35.5. The zero-order chi connectivity index (χ0) is 22.2. The van der Waals surface area contributed by atoms with Crippen LogP contribution < -0.4 is 4.74 Å². The molecule has 162 valence electrons. The standard InChI is InChI=1S/C26H22ClNO4/c1-31-26(30)23-13-18(5-10-24(23)27)17-4-2-3-16(11-17)15-32-21-8-9-22-19(12-21)14-28(25(22)29)20-6-7-20/h2-5,8-13,20H,6-7,14-15H2,1H3. The number of carbonyl (C=O) groups is 2. The summed E-state index contributed by atoms with van der Waals surface area (Å²) < 4.78 is 10.8. The van der Waals surface area contributed by atoms with Gasteiger partial charge in [-0.2, -0.15) is 0 Å². The predicted octanol–water partition coefficient (Wildman–Crippen LogP) is 5.49. The quantitative estimate of drug-likeness (QED) is 0.469. The van der Waals surface area contributed by atoms with Crippen LogP contribution in [-0.2, 0) is 17.9 Å². The number of fused-ring (bicyclic) bond motifs is 1. The Hall–Kier alpha value is -3.31. The maximum Gasteiger partial charge on any atom is 0.339 e. The fraction of sp³-hybridized carbons (Fsp3) is 0.231. The number of amides is 1. The lowest BCUT2D eigenvalue weighted by Crippen LogP contribution is -2.25. The third-order valence-corrected chi connectivity index (χ3v) is 6.26. The molecule has 3 aromatic carbocycles. The van der Waals surface area contributed by atoms with Crippen LogP contribution in [0.2, 0.25) is 5.02 Å². The zero-order valence-electron chi connectivity index (χ0n) is 17.6. The first-order chi connectivity index (χ1) is 15.5. The number of carbonyl (C=O) groups excluding carboxylic acids is 2. The fourth-order valence-corrected chi connectivity index (χ4v) is 4.26. The van der Waals surface area contributed by atoms with Crippen LogP contribution >= 0.6 is 11.6 Å². The van der Waals surface area contributed by atoms with Crippen molar-refractivity contribution in [2.45, 2.75) is 32.0 Å². The first-order valence-corrected chi connectivity index (χ1v) is 10.9. The van der Waals surface area contributed by atoms with Gasteiger partial charge in [0.15, 0.2) is 0 Å². The van der Waals surface area contributed by atoms with E-state index in [2.05, 4.69) is 0 Å². The minimum atomic E-state index is -0.466. The van der Waals surface area contributed by atoms with Crippen molar-refractivity contribution in [1.82, 2.24) is 4.90 Å². The summed E-state index contributed by atoms with van der Waals surface area (Å²) >= 11 is 6.14. The average molecular weight is 448 g/mol. The largest absolute Gasteiger partial charge is 0.489 e. The SMILES string of the molecule is COC(=O)c1cc(-c2cccc(COc3ccc4c(c3)CN(C3CC3)C4=O)c2)ccc1Cl. The summed E-state index contributed by atoms with van der Waals surface area (Å²) in [6.07, 6.45) is 2.21. The van der Waals surface area contributed by atoms with Crippen molar-refractivity contribution in [1.29, 1.82) is 0 Å². The lowest BCUT2D eigenvalue weighted by molar-refractivity contribution is 0.0600. The Morgan fingerprint density at radius 1 is 1.06 bits per heavy atom. The lowest BCUT2D eigenvalue weighted by Gasteiger charge is -2.13. The number of nitrogens with zero attached hydrogens (tertiary/aromatic N) is 1. The van der Waals surface area contributed by atoms with Gasteiger partial charge in [-0.05, 0) is 71.5 Å². The fourth-order valence-electron chi connectivity index (χ4n) is 4.07. The number of methoxy groups -OCH3 is 1. The Morgan fingerprint density at radius 2 is 1.88 bits per heavy atom. The molecule has 1 saturated carbocycles. The normalized spacial score (nSPS) is 14.9. The van der Waals surface area contributed by atoms with Crippen molar-refractivity contribution >= 4 is 23.5 Å². The smallest absolute Gasteiger partial charge is 0.339 e. The van der Waals surface area contributed by atoms with Gasteiger partial charge in [-0.3, -0.25) is 4.79 Å². The van der Waals surface area contributed by atoms with E-state index >= 15 is 0 Å². The molecule has 6 heteroatoms. The van der Waals surface area contributed by atoms with Gasteiger partial charge < -0.3 is 14.4 Å². The monoisotopic (exact) mass is 447 g/mol. The topological polar surface area (TPSA) is 55.8 Å². The molecular weight excluding hydrogens is 426 g/mol. The molecule has 1 heterocycles. The van der Waals surface area contributed by atoms with Crippen molar-refractivity contribution in [2.24, 2.45) is 0 Å². The van der Waals surface area contributed by atoms with Gasteiger partial charge in [0.25, 0.3) is 5.91 Å². The van der Waals surface area contributed by atoms with E-state index in [4.69, 9.17) is 21.1 Å². The third-order valence-electron chi connectivity index (χ3n) is 5.93. The Labute approximate surface area is 191 Å². The summed E-state index contributed by atoms with van der Waals surface area (Å²) in [5, 5.41) is 0.357. The molecule has 0 unspecified atom stereocenters. The summed E-state index contributed by atoms with van der Waals surface area (Å²) in [6.45, 7) is 1.06. The average Bonchev–Trinajstić information content (AvgIpc) is 3.61. The Bertz CT molecular complexity index is 1220. The molecule has 1 aliphatic heterocycles. The molecule has 0 aromatic heterocycles. The van der Waals surface area contributed by atoms with E-state index in [1.165, 1.54) is 7.11 Å². The lowest BCUT2D eigenvalue weighted by atomic mass is 10.0. The number of esters is 1. The van der Waals surface area contributed by atoms with Gasteiger partial charge in [-0.1, -0.05) is 35.9 Å². The van der Waals surface area contributed by atoms with E-state index in [9.17, 15) is 9.59 Å². The van der Waals surface area contributed by atoms with E-state index in [-0.39, 0.29) is 5.91 Å². The molecule has 1 amide bonds.